The Hall–Kier alpha value is -3.27. The van der Waals surface area contributed by atoms with Crippen LogP contribution in [0, 0.1) is 11.3 Å². The van der Waals surface area contributed by atoms with Crippen LogP contribution < -0.4 is 11.5 Å². The lowest BCUT2D eigenvalue weighted by atomic mass is 9.89. The van der Waals surface area contributed by atoms with E-state index in [0.29, 0.717) is 24.6 Å². The topological polar surface area (TPSA) is 126 Å². The zero-order valence-electron chi connectivity index (χ0n) is 24.9. The smallest absolute Gasteiger partial charge is 0.253 e. The highest BCUT2D eigenvalue weighted by Crippen LogP contribution is 2.26. The van der Waals surface area contributed by atoms with Crippen LogP contribution in [-0.4, -0.2) is 83.6 Å². The maximum Gasteiger partial charge on any atom is 0.253 e. The summed E-state index contributed by atoms with van der Waals surface area (Å²) in [5.74, 6) is 1.74. The molecular weight excluding hydrogens is 526 g/mol. The minimum Gasteiger partial charge on any atom is -0.384 e. The Morgan fingerprint density at radius 2 is 1.74 bits per heavy atom. The van der Waals surface area contributed by atoms with Crippen LogP contribution in [0.4, 0.5) is 0 Å². The van der Waals surface area contributed by atoms with Gasteiger partial charge in [-0.2, -0.15) is 0 Å². The SMILES string of the molecule is N=C(N)c1ccc(CCc2nc3cc(C(=O)N(CCN)CC4CCCCC4)ccc3n2CCCN2CCOCC2)cc1. The molecule has 3 aromatic rings. The van der Waals surface area contributed by atoms with Crippen molar-refractivity contribution in [2.75, 3.05) is 52.5 Å². The van der Waals surface area contributed by atoms with Gasteiger partial charge in [-0.25, -0.2) is 4.98 Å². The van der Waals surface area contributed by atoms with Crippen molar-refractivity contribution in [3.63, 3.8) is 0 Å². The summed E-state index contributed by atoms with van der Waals surface area (Å²) in [6.45, 7) is 7.33. The molecule has 2 heterocycles. The molecule has 2 aromatic carbocycles. The molecule has 9 heteroatoms. The second-order valence-electron chi connectivity index (χ2n) is 11.8. The van der Waals surface area contributed by atoms with Gasteiger partial charge in [0.1, 0.15) is 11.7 Å². The van der Waals surface area contributed by atoms with Gasteiger partial charge < -0.3 is 25.7 Å². The number of amides is 1. The number of aryl methyl sites for hydroxylation is 3. The average Bonchev–Trinajstić information content (AvgIpc) is 3.37. The number of nitrogens with zero attached hydrogens (tertiary/aromatic N) is 4. The fourth-order valence-corrected chi connectivity index (χ4v) is 6.43. The van der Waals surface area contributed by atoms with E-state index in [-0.39, 0.29) is 11.7 Å². The number of benzene rings is 2. The Morgan fingerprint density at radius 3 is 2.45 bits per heavy atom. The van der Waals surface area contributed by atoms with E-state index < -0.39 is 0 Å². The Labute approximate surface area is 249 Å². The second-order valence-corrected chi connectivity index (χ2v) is 11.8. The third-order valence-electron chi connectivity index (χ3n) is 8.83. The number of nitrogen functional groups attached to an aromatic ring is 1. The van der Waals surface area contributed by atoms with Gasteiger partial charge in [0.25, 0.3) is 5.91 Å². The number of aromatic nitrogens is 2. The van der Waals surface area contributed by atoms with Gasteiger partial charge in [0, 0.05) is 63.4 Å². The van der Waals surface area contributed by atoms with Crippen molar-refractivity contribution in [1.82, 2.24) is 19.4 Å². The number of imidazole rings is 1. The van der Waals surface area contributed by atoms with Crippen molar-refractivity contribution in [2.24, 2.45) is 17.4 Å². The summed E-state index contributed by atoms with van der Waals surface area (Å²) in [5.41, 5.74) is 16.1. The third kappa shape index (κ3) is 7.76. The fourth-order valence-electron chi connectivity index (χ4n) is 6.43. The molecule has 1 amide bonds. The minimum atomic E-state index is 0.0573. The first-order valence-electron chi connectivity index (χ1n) is 15.7. The number of fused-ring (bicyclic) bond motifs is 1. The molecule has 0 radical (unpaired) electrons. The molecule has 9 nitrogen and oxygen atoms in total. The van der Waals surface area contributed by atoms with E-state index in [2.05, 4.69) is 15.5 Å². The van der Waals surface area contributed by atoms with Gasteiger partial charge in [-0.3, -0.25) is 15.1 Å². The number of ether oxygens (including phenoxy) is 1. The van der Waals surface area contributed by atoms with Gasteiger partial charge in [-0.15, -0.1) is 0 Å². The maximum absolute atomic E-state index is 13.7. The normalized spacial score (nSPS) is 16.6. The van der Waals surface area contributed by atoms with E-state index in [1.807, 2.05) is 41.3 Å². The molecule has 0 spiro atoms. The van der Waals surface area contributed by atoms with Gasteiger partial charge in [0.05, 0.1) is 24.2 Å². The number of amidine groups is 1. The fraction of sp³-hybridized carbons (Fsp3) is 0.545. The molecule has 1 aromatic heterocycles. The van der Waals surface area contributed by atoms with Gasteiger partial charge >= 0.3 is 0 Å². The molecule has 0 unspecified atom stereocenters. The highest BCUT2D eigenvalue weighted by Gasteiger charge is 2.23. The predicted molar refractivity (Wildman–Crippen MR) is 168 cm³/mol. The van der Waals surface area contributed by atoms with E-state index in [1.54, 1.807) is 0 Å². The molecule has 0 atom stereocenters. The Morgan fingerprint density at radius 1 is 1.00 bits per heavy atom. The van der Waals surface area contributed by atoms with Crippen molar-refractivity contribution >= 4 is 22.8 Å². The largest absolute Gasteiger partial charge is 0.384 e. The van der Waals surface area contributed by atoms with E-state index in [1.165, 1.54) is 37.7 Å². The lowest BCUT2D eigenvalue weighted by molar-refractivity contribution is 0.0369. The summed E-state index contributed by atoms with van der Waals surface area (Å²) in [6.07, 6.45) is 8.86. The Kier molecular flexibility index (Phi) is 10.6. The number of hydrogen-bond donors (Lipinski definition) is 3. The number of nitrogens with one attached hydrogen (secondary N) is 1. The van der Waals surface area contributed by atoms with Crippen LogP contribution in [0.15, 0.2) is 42.5 Å². The number of carbonyl (C=O) groups is 1. The van der Waals surface area contributed by atoms with Crippen LogP contribution in [0.5, 0.6) is 0 Å². The summed E-state index contributed by atoms with van der Waals surface area (Å²) >= 11 is 0. The van der Waals surface area contributed by atoms with Crippen LogP contribution in [-0.2, 0) is 24.1 Å². The molecule has 1 aliphatic heterocycles. The number of rotatable bonds is 13. The maximum atomic E-state index is 13.7. The molecule has 226 valence electrons. The molecule has 5 N–H and O–H groups in total. The summed E-state index contributed by atoms with van der Waals surface area (Å²) in [5, 5.41) is 7.65. The zero-order valence-corrected chi connectivity index (χ0v) is 24.9. The first kappa shape index (κ1) is 30.2. The van der Waals surface area contributed by atoms with E-state index in [0.717, 1.165) is 87.6 Å². The second kappa shape index (κ2) is 14.8. The average molecular weight is 574 g/mol. The van der Waals surface area contributed by atoms with Crippen molar-refractivity contribution < 1.29 is 9.53 Å². The van der Waals surface area contributed by atoms with Gasteiger partial charge in [0.2, 0.25) is 0 Å². The molecule has 1 aliphatic carbocycles. The van der Waals surface area contributed by atoms with Gasteiger partial charge in [-0.05, 0) is 55.4 Å². The minimum absolute atomic E-state index is 0.0573. The molecule has 2 fully saturated rings. The summed E-state index contributed by atoms with van der Waals surface area (Å²) in [6, 6.07) is 13.9. The lowest BCUT2D eigenvalue weighted by Gasteiger charge is -2.29. The molecule has 42 heavy (non-hydrogen) atoms. The van der Waals surface area contributed by atoms with E-state index in [4.69, 9.17) is 26.6 Å². The monoisotopic (exact) mass is 573 g/mol. The van der Waals surface area contributed by atoms with Crippen molar-refractivity contribution in [1.29, 1.82) is 5.41 Å². The number of hydrogen-bond acceptors (Lipinski definition) is 6. The third-order valence-corrected chi connectivity index (χ3v) is 8.83. The van der Waals surface area contributed by atoms with Crippen LogP contribution in [0.3, 0.4) is 0 Å². The predicted octanol–water partition coefficient (Wildman–Crippen LogP) is 3.81. The van der Waals surface area contributed by atoms with Crippen LogP contribution in [0.25, 0.3) is 11.0 Å². The number of carbonyl (C=O) groups excluding carboxylic acids is 1. The zero-order chi connectivity index (χ0) is 29.3. The first-order chi connectivity index (χ1) is 20.5. The lowest BCUT2D eigenvalue weighted by Crippen LogP contribution is -2.39. The van der Waals surface area contributed by atoms with E-state index >= 15 is 0 Å². The van der Waals surface area contributed by atoms with Gasteiger partial charge in [0.15, 0.2) is 0 Å². The molecule has 0 bridgehead atoms. The summed E-state index contributed by atoms with van der Waals surface area (Å²) < 4.78 is 7.86. The summed E-state index contributed by atoms with van der Waals surface area (Å²) in [7, 11) is 0. The molecule has 1 saturated heterocycles. The van der Waals surface area contributed by atoms with Gasteiger partial charge in [-0.1, -0.05) is 43.5 Å². The number of morpholine rings is 1. The van der Waals surface area contributed by atoms with Crippen molar-refractivity contribution in [2.45, 2.75) is 57.9 Å². The summed E-state index contributed by atoms with van der Waals surface area (Å²) in [4.78, 5) is 23.2. The Balaban J connectivity index is 1.35. The molecule has 5 rings (SSSR count). The standard InChI is InChI=1S/C33H47N7O2/c34-15-18-39(24-26-5-2-1-3-6-26)33(41)28-12-13-30-29(23-28)37-31(14-9-25-7-10-27(11-8-25)32(35)36)40(30)17-4-16-38-19-21-42-22-20-38/h7-8,10-13,23,26H,1-6,9,14-22,24,34H2,(H3,35,36). The molecular formula is C33H47N7O2. The van der Waals surface area contributed by atoms with Crippen LogP contribution >= 0.6 is 0 Å². The first-order valence-corrected chi connectivity index (χ1v) is 15.7. The molecule has 2 aliphatic rings. The van der Waals surface area contributed by atoms with Crippen molar-refractivity contribution in [3.05, 3.63) is 65.0 Å². The highest BCUT2D eigenvalue weighted by molar-refractivity contribution is 5.97. The Bertz CT molecular complexity index is 1320. The molecule has 1 saturated carbocycles. The van der Waals surface area contributed by atoms with Crippen molar-refractivity contribution in [3.8, 4) is 0 Å². The quantitative estimate of drug-likeness (QED) is 0.211. The highest BCUT2D eigenvalue weighted by atomic mass is 16.5. The van der Waals surface area contributed by atoms with Crippen LogP contribution in [0.1, 0.15) is 65.8 Å². The number of nitrogens with two attached hydrogens (primary N) is 2. The van der Waals surface area contributed by atoms with Crippen LogP contribution in [0.2, 0.25) is 0 Å². The van der Waals surface area contributed by atoms with E-state index in [9.17, 15) is 4.79 Å².